The van der Waals surface area contributed by atoms with E-state index in [2.05, 4.69) is 61.7 Å². The zero-order valence-corrected chi connectivity index (χ0v) is 27.5. The van der Waals surface area contributed by atoms with Gasteiger partial charge in [0.2, 0.25) is 0 Å². The third kappa shape index (κ3) is 8.97. The second-order valence-corrected chi connectivity index (χ2v) is 12.3. The van der Waals surface area contributed by atoms with E-state index < -0.39 is 6.36 Å². The largest absolute Gasteiger partial charge is 0.573 e. The van der Waals surface area contributed by atoms with Gasteiger partial charge in [-0.05, 0) is 93.5 Å². The van der Waals surface area contributed by atoms with Crippen LogP contribution in [0.3, 0.4) is 0 Å². The fourth-order valence-electron chi connectivity index (χ4n) is 5.28. The molecule has 0 aliphatic heterocycles. The van der Waals surface area contributed by atoms with E-state index in [0.29, 0.717) is 16.3 Å². The van der Waals surface area contributed by atoms with Crippen LogP contribution in [0.15, 0.2) is 83.4 Å². The van der Waals surface area contributed by atoms with Crippen LogP contribution in [0.1, 0.15) is 55.5 Å². The second-order valence-electron chi connectivity index (χ2n) is 11.5. The lowest BCUT2D eigenvalue weighted by molar-refractivity contribution is -0.274. The minimum absolute atomic E-state index is 0.0445. The van der Waals surface area contributed by atoms with Crippen LogP contribution < -0.4 is 14.9 Å². The number of nitrogens with one attached hydrogen (secondary N) is 1. The molecule has 0 fully saturated rings. The summed E-state index contributed by atoms with van der Waals surface area (Å²) in [5.74, 6) is 0.197. The highest BCUT2D eigenvalue weighted by Gasteiger charge is 2.31. The molecule has 1 atom stereocenters. The van der Waals surface area contributed by atoms with Crippen molar-refractivity contribution in [1.82, 2.24) is 24.6 Å². The fraction of sp³-hybridized carbons (Fsp3) is 0.314. The number of thiazole rings is 1. The van der Waals surface area contributed by atoms with Gasteiger partial charge in [0.25, 0.3) is 0 Å². The SMILES string of the molecule is CCCc1ccc(C)cc1-n1c(C)cs/c1=N\C(=O)NC(C)CCCc1ccc(-c2ncn(-c3ccc(OC(F)(F)F)cc3)n2)cc1. The maximum Gasteiger partial charge on any atom is 0.573 e. The number of rotatable bonds is 11. The number of aryl methyl sites for hydroxylation is 4. The molecule has 5 aromatic rings. The summed E-state index contributed by atoms with van der Waals surface area (Å²) < 4.78 is 44.8. The number of aromatic nitrogens is 4. The van der Waals surface area contributed by atoms with Crippen molar-refractivity contribution in [2.24, 2.45) is 4.99 Å². The fourth-order valence-corrected chi connectivity index (χ4v) is 6.15. The molecule has 0 bridgehead atoms. The molecule has 1 N–H and O–H groups in total. The van der Waals surface area contributed by atoms with Crippen molar-refractivity contribution in [3.05, 3.63) is 106 Å². The van der Waals surface area contributed by atoms with Gasteiger partial charge >= 0.3 is 12.4 Å². The molecule has 2 aromatic heterocycles. The summed E-state index contributed by atoms with van der Waals surface area (Å²) in [6, 6.07) is 19.4. The number of hydrogen-bond donors (Lipinski definition) is 1. The standard InChI is InChI=1S/C35H37F3N6O2S/c1-5-7-27-13-10-23(2)20-31(27)44-25(4)21-47-34(44)41-33(45)40-24(3)8-6-9-26-11-14-28(15-12-26)32-39-22-43(42-32)29-16-18-30(19-17-29)46-35(36,37)38/h10-22,24H,5-9H2,1-4H3,(H,40,45)/b41-34-. The van der Waals surface area contributed by atoms with Gasteiger partial charge in [-0.15, -0.1) is 29.6 Å². The van der Waals surface area contributed by atoms with E-state index in [0.717, 1.165) is 60.2 Å². The minimum Gasteiger partial charge on any atom is -0.406 e. The number of carbonyl (C=O) groups is 1. The molecular formula is C35H37F3N6O2S. The van der Waals surface area contributed by atoms with Crippen molar-refractivity contribution >= 4 is 17.4 Å². The van der Waals surface area contributed by atoms with Crippen molar-refractivity contribution in [2.75, 3.05) is 0 Å². The highest BCUT2D eigenvalue weighted by molar-refractivity contribution is 7.07. The average Bonchev–Trinajstić information content (AvgIpc) is 3.65. The summed E-state index contributed by atoms with van der Waals surface area (Å²) in [6.07, 6.45) is 1.26. The topological polar surface area (TPSA) is 86.3 Å². The van der Waals surface area contributed by atoms with Gasteiger partial charge in [-0.25, -0.2) is 14.5 Å². The van der Waals surface area contributed by atoms with Gasteiger partial charge in [0.05, 0.1) is 11.4 Å². The van der Waals surface area contributed by atoms with E-state index >= 15 is 0 Å². The molecule has 47 heavy (non-hydrogen) atoms. The molecule has 2 heterocycles. The Bertz CT molecular complexity index is 1880. The summed E-state index contributed by atoms with van der Waals surface area (Å²) in [6.45, 7) is 8.26. The lowest BCUT2D eigenvalue weighted by Crippen LogP contribution is -2.32. The molecule has 3 aromatic carbocycles. The number of ether oxygens (including phenoxy) is 1. The van der Waals surface area contributed by atoms with Gasteiger partial charge in [0.15, 0.2) is 10.6 Å². The van der Waals surface area contributed by atoms with Crippen LogP contribution >= 0.6 is 11.3 Å². The molecule has 246 valence electrons. The van der Waals surface area contributed by atoms with Crippen molar-refractivity contribution in [3.63, 3.8) is 0 Å². The quantitative estimate of drug-likeness (QED) is 0.154. The summed E-state index contributed by atoms with van der Waals surface area (Å²) in [5, 5.41) is 9.51. The van der Waals surface area contributed by atoms with Crippen LogP contribution in [0.5, 0.6) is 5.75 Å². The summed E-state index contributed by atoms with van der Waals surface area (Å²) in [4.78, 5) is 22.4. The predicted molar refractivity (Wildman–Crippen MR) is 177 cm³/mol. The molecule has 0 spiro atoms. The second kappa shape index (κ2) is 14.8. The summed E-state index contributed by atoms with van der Waals surface area (Å²) in [7, 11) is 0. The number of alkyl halides is 3. The Morgan fingerprint density at radius 1 is 1.04 bits per heavy atom. The predicted octanol–water partition coefficient (Wildman–Crippen LogP) is 8.28. The Hall–Kier alpha value is -4.71. The molecule has 0 saturated heterocycles. The zero-order chi connectivity index (χ0) is 33.6. The third-order valence-corrected chi connectivity index (χ3v) is 8.53. The number of hydrogen-bond acceptors (Lipinski definition) is 5. The summed E-state index contributed by atoms with van der Waals surface area (Å²) in [5.41, 5.74) is 7.04. The first-order valence-corrected chi connectivity index (χ1v) is 16.4. The molecule has 0 aliphatic rings. The smallest absolute Gasteiger partial charge is 0.406 e. The molecule has 12 heteroatoms. The van der Waals surface area contributed by atoms with E-state index in [1.165, 1.54) is 52.2 Å². The molecule has 0 aliphatic carbocycles. The number of benzene rings is 3. The normalized spacial score (nSPS) is 12.7. The lowest BCUT2D eigenvalue weighted by Gasteiger charge is -2.14. The van der Waals surface area contributed by atoms with Gasteiger partial charge in [-0.2, -0.15) is 4.99 Å². The molecule has 0 radical (unpaired) electrons. The van der Waals surface area contributed by atoms with Gasteiger partial charge in [-0.3, -0.25) is 4.57 Å². The maximum atomic E-state index is 12.9. The Morgan fingerprint density at radius 3 is 2.49 bits per heavy atom. The van der Waals surface area contributed by atoms with Crippen LogP contribution in [0, 0.1) is 13.8 Å². The van der Waals surface area contributed by atoms with Crippen molar-refractivity contribution in [2.45, 2.75) is 72.2 Å². The monoisotopic (exact) mass is 662 g/mol. The molecule has 0 saturated carbocycles. The van der Waals surface area contributed by atoms with E-state index in [1.807, 2.05) is 43.5 Å². The highest BCUT2D eigenvalue weighted by Crippen LogP contribution is 2.24. The number of nitrogens with zero attached hydrogens (tertiary/aromatic N) is 5. The molecule has 8 nitrogen and oxygen atoms in total. The number of carbonyl (C=O) groups excluding carboxylic acids is 1. The number of amides is 2. The van der Waals surface area contributed by atoms with Crippen LogP contribution in [0.25, 0.3) is 22.8 Å². The van der Waals surface area contributed by atoms with Crippen LogP contribution in [0.2, 0.25) is 0 Å². The summed E-state index contributed by atoms with van der Waals surface area (Å²) >= 11 is 1.46. The lowest BCUT2D eigenvalue weighted by atomic mass is 10.0. The van der Waals surface area contributed by atoms with E-state index in [-0.39, 0.29) is 17.8 Å². The van der Waals surface area contributed by atoms with Gasteiger partial charge < -0.3 is 10.1 Å². The maximum absolute atomic E-state index is 12.9. The van der Waals surface area contributed by atoms with Gasteiger partial charge in [0, 0.05) is 22.7 Å². The van der Waals surface area contributed by atoms with Crippen LogP contribution in [-0.2, 0) is 12.8 Å². The van der Waals surface area contributed by atoms with Crippen molar-refractivity contribution < 1.29 is 22.7 Å². The Kier molecular flexibility index (Phi) is 10.6. The first kappa shape index (κ1) is 33.6. The van der Waals surface area contributed by atoms with E-state index in [1.54, 1.807) is 0 Å². The minimum atomic E-state index is -4.74. The van der Waals surface area contributed by atoms with E-state index in [9.17, 15) is 18.0 Å². The third-order valence-electron chi connectivity index (χ3n) is 7.59. The van der Waals surface area contributed by atoms with Crippen LogP contribution in [-0.4, -0.2) is 37.8 Å². The highest BCUT2D eigenvalue weighted by atomic mass is 32.1. The first-order valence-electron chi connectivity index (χ1n) is 15.5. The van der Waals surface area contributed by atoms with Crippen LogP contribution in [0.4, 0.5) is 18.0 Å². The number of halogens is 3. The average molecular weight is 663 g/mol. The Balaban J connectivity index is 1.14. The molecule has 5 rings (SSSR count). The first-order chi connectivity index (χ1) is 22.5. The Labute approximate surface area is 275 Å². The Morgan fingerprint density at radius 2 is 1.79 bits per heavy atom. The molecule has 1 unspecified atom stereocenters. The molecule has 2 amide bonds. The van der Waals surface area contributed by atoms with Gasteiger partial charge in [-0.1, -0.05) is 49.7 Å². The molecular weight excluding hydrogens is 625 g/mol. The van der Waals surface area contributed by atoms with Crippen molar-refractivity contribution in [1.29, 1.82) is 0 Å². The zero-order valence-electron chi connectivity index (χ0n) is 26.7. The van der Waals surface area contributed by atoms with Gasteiger partial charge in [0.1, 0.15) is 12.1 Å². The number of urea groups is 1. The van der Waals surface area contributed by atoms with Crippen molar-refractivity contribution in [3.8, 4) is 28.5 Å². The van der Waals surface area contributed by atoms with E-state index in [4.69, 9.17) is 0 Å².